The molecule has 0 saturated heterocycles. The Balaban J connectivity index is 3.70. The molecular weight excluding hydrogens is 252 g/mol. The first-order valence-corrected chi connectivity index (χ1v) is 10.7. The summed E-state index contributed by atoms with van der Waals surface area (Å²) in [5.41, 5.74) is 0. The first-order chi connectivity index (χ1) is 8.70. The number of hydrogen-bond donors (Lipinski definition) is 0. The Labute approximate surface area is 121 Å². The minimum atomic E-state index is -1.59. The first-order valence-electron chi connectivity index (χ1n) is 7.82. The molecular formula is C16H34O2Si. The fourth-order valence-corrected chi connectivity index (χ4v) is 3.41. The lowest BCUT2D eigenvalue weighted by Gasteiger charge is -2.38. The van der Waals surface area contributed by atoms with Gasteiger partial charge in [0.15, 0.2) is 8.32 Å². The van der Waals surface area contributed by atoms with E-state index in [1.54, 1.807) is 0 Å². The number of carbonyl (C=O) groups excluding carboxylic acids is 1. The molecule has 2 nitrogen and oxygen atoms in total. The van der Waals surface area contributed by atoms with E-state index < -0.39 is 8.32 Å². The van der Waals surface area contributed by atoms with Crippen LogP contribution in [0.1, 0.15) is 72.6 Å². The molecule has 19 heavy (non-hydrogen) atoms. The molecule has 1 atom stereocenters. The highest BCUT2D eigenvalue weighted by Crippen LogP contribution is 2.37. The van der Waals surface area contributed by atoms with E-state index in [1.807, 2.05) is 0 Å². The van der Waals surface area contributed by atoms with Crippen LogP contribution in [0.3, 0.4) is 0 Å². The highest BCUT2D eigenvalue weighted by molar-refractivity contribution is 6.74. The van der Waals surface area contributed by atoms with E-state index in [9.17, 15) is 4.79 Å². The van der Waals surface area contributed by atoms with Crippen molar-refractivity contribution in [2.45, 2.75) is 96.9 Å². The molecule has 114 valence electrons. The van der Waals surface area contributed by atoms with Crippen LogP contribution in [-0.2, 0) is 9.22 Å². The Morgan fingerprint density at radius 2 is 1.58 bits per heavy atom. The van der Waals surface area contributed by atoms with Gasteiger partial charge in [-0.25, -0.2) is 0 Å². The summed E-state index contributed by atoms with van der Waals surface area (Å²) in [6.45, 7) is 13.7. The molecule has 0 heterocycles. The molecule has 0 aliphatic heterocycles. The third kappa shape index (κ3) is 8.59. The van der Waals surface area contributed by atoms with Crippen molar-refractivity contribution in [2.75, 3.05) is 0 Å². The van der Waals surface area contributed by atoms with E-state index in [0.29, 0.717) is 11.1 Å². The van der Waals surface area contributed by atoms with Crippen molar-refractivity contribution in [3.05, 3.63) is 0 Å². The molecule has 0 spiro atoms. The highest BCUT2D eigenvalue weighted by atomic mass is 28.4. The topological polar surface area (TPSA) is 26.3 Å². The van der Waals surface area contributed by atoms with Gasteiger partial charge in [-0.1, -0.05) is 46.5 Å². The molecule has 0 aliphatic rings. The predicted octanol–water partition coefficient (Wildman–Crippen LogP) is 5.33. The number of hydrogen-bond acceptors (Lipinski definition) is 2. The van der Waals surface area contributed by atoms with Gasteiger partial charge < -0.3 is 9.22 Å². The van der Waals surface area contributed by atoms with Crippen LogP contribution in [0.5, 0.6) is 0 Å². The fraction of sp³-hybridized carbons (Fsp3) is 0.938. The lowest BCUT2D eigenvalue weighted by atomic mass is 10.1. The van der Waals surface area contributed by atoms with Crippen LogP contribution in [0.2, 0.25) is 18.1 Å². The summed E-state index contributed by atoms with van der Waals surface area (Å²) in [4.78, 5) is 10.2. The molecule has 3 heteroatoms. The van der Waals surface area contributed by atoms with E-state index in [0.717, 1.165) is 19.1 Å². The number of carbonyl (C=O) groups is 1. The smallest absolute Gasteiger partial charge is 0.192 e. The van der Waals surface area contributed by atoms with Crippen molar-refractivity contribution < 1.29 is 9.22 Å². The SMILES string of the molecule is C[C@H](CCCCCCCC=O)O[Si](C)(C)C(C)(C)C. The summed E-state index contributed by atoms with van der Waals surface area (Å²) in [6.07, 6.45) is 9.31. The van der Waals surface area contributed by atoms with E-state index in [-0.39, 0.29) is 0 Å². The van der Waals surface area contributed by atoms with Gasteiger partial charge in [0.2, 0.25) is 0 Å². The maximum absolute atomic E-state index is 10.2. The second-order valence-electron chi connectivity index (χ2n) is 7.20. The van der Waals surface area contributed by atoms with Crippen LogP contribution in [0.25, 0.3) is 0 Å². The molecule has 0 aromatic carbocycles. The van der Waals surface area contributed by atoms with E-state index >= 15 is 0 Å². The third-order valence-electron chi connectivity index (χ3n) is 4.23. The number of unbranched alkanes of at least 4 members (excludes halogenated alkanes) is 5. The Morgan fingerprint density at radius 3 is 2.11 bits per heavy atom. The fourth-order valence-electron chi connectivity index (χ4n) is 1.93. The maximum atomic E-state index is 10.2. The monoisotopic (exact) mass is 286 g/mol. The molecule has 0 bridgehead atoms. The summed E-state index contributed by atoms with van der Waals surface area (Å²) in [7, 11) is -1.59. The lowest BCUT2D eigenvalue weighted by Crippen LogP contribution is -2.43. The van der Waals surface area contributed by atoms with Crippen molar-refractivity contribution >= 4 is 14.6 Å². The number of rotatable bonds is 10. The average Bonchev–Trinajstić information content (AvgIpc) is 2.25. The van der Waals surface area contributed by atoms with Crippen LogP contribution >= 0.6 is 0 Å². The molecule has 0 N–H and O–H groups in total. The lowest BCUT2D eigenvalue weighted by molar-refractivity contribution is -0.107. The average molecular weight is 287 g/mol. The van der Waals surface area contributed by atoms with Gasteiger partial charge >= 0.3 is 0 Å². The Kier molecular flexibility index (Phi) is 8.84. The van der Waals surface area contributed by atoms with Crippen molar-refractivity contribution in [3.63, 3.8) is 0 Å². The van der Waals surface area contributed by atoms with Gasteiger partial charge in [-0.05, 0) is 37.9 Å². The quantitative estimate of drug-likeness (QED) is 0.308. The highest BCUT2D eigenvalue weighted by Gasteiger charge is 2.38. The minimum absolute atomic E-state index is 0.302. The van der Waals surface area contributed by atoms with E-state index in [1.165, 1.54) is 32.1 Å². The zero-order valence-electron chi connectivity index (χ0n) is 13.9. The minimum Gasteiger partial charge on any atom is -0.414 e. The van der Waals surface area contributed by atoms with Crippen LogP contribution in [0, 0.1) is 0 Å². The van der Waals surface area contributed by atoms with Crippen LogP contribution in [-0.4, -0.2) is 20.7 Å². The van der Waals surface area contributed by atoms with Crippen molar-refractivity contribution in [3.8, 4) is 0 Å². The molecule has 0 aliphatic carbocycles. The van der Waals surface area contributed by atoms with Gasteiger partial charge in [-0.2, -0.15) is 0 Å². The van der Waals surface area contributed by atoms with E-state index in [2.05, 4.69) is 40.8 Å². The Hall–Kier alpha value is -0.153. The Bertz CT molecular complexity index is 244. The van der Waals surface area contributed by atoms with Crippen LogP contribution < -0.4 is 0 Å². The van der Waals surface area contributed by atoms with Gasteiger partial charge in [0.05, 0.1) is 0 Å². The predicted molar refractivity (Wildman–Crippen MR) is 86.1 cm³/mol. The summed E-state index contributed by atoms with van der Waals surface area (Å²) < 4.78 is 6.34. The van der Waals surface area contributed by atoms with Gasteiger partial charge in [0, 0.05) is 12.5 Å². The second-order valence-corrected chi connectivity index (χ2v) is 12.0. The third-order valence-corrected chi connectivity index (χ3v) is 8.84. The molecule has 0 amide bonds. The molecule has 0 aromatic heterocycles. The van der Waals surface area contributed by atoms with E-state index in [4.69, 9.17) is 4.43 Å². The van der Waals surface area contributed by atoms with Gasteiger partial charge in [0.25, 0.3) is 0 Å². The normalized spacial score (nSPS) is 14.4. The zero-order valence-corrected chi connectivity index (χ0v) is 14.9. The standard InChI is InChI=1S/C16H34O2Si/c1-15(18-19(5,6)16(2,3)4)13-11-9-7-8-10-12-14-17/h14-15H,7-13H2,1-6H3/t15-/m1/s1. The molecule has 0 unspecified atom stereocenters. The van der Waals surface area contributed by atoms with Gasteiger partial charge in [0.1, 0.15) is 6.29 Å². The largest absolute Gasteiger partial charge is 0.414 e. The molecule has 0 rings (SSSR count). The van der Waals surface area contributed by atoms with Crippen LogP contribution in [0.4, 0.5) is 0 Å². The molecule has 0 radical (unpaired) electrons. The zero-order chi connectivity index (χ0) is 14.9. The van der Waals surface area contributed by atoms with Crippen molar-refractivity contribution in [1.82, 2.24) is 0 Å². The number of aldehydes is 1. The maximum Gasteiger partial charge on any atom is 0.192 e. The summed E-state index contributed by atoms with van der Waals surface area (Å²) >= 11 is 0. The van der Waals surface area contributed by atoms with Crippen LogP contribution in [0.15, 0.2) is 0 Å². The molecule has 0 saturated carbocycles. The first kappa shape index (κ1) is 18.8. The van der Waals surface area contributed by atoms with Crippen molar-refractivity contribution in [1.29, 1.82) is 0 Å². The van der Waals surface area contributed by atoms with Crippen molar-refractivity contribution in [2.24, 2.45) is 0 Å². The second kappa shape index (κ2) is 8.91. The summed E-state index contributed by atoms with van der Waals surface area (Å²) in [5.74, 6) is 0. The van der Waals surface area contributed by atoms with Gasteiger partial charge in [-0.3, -0.25) is 0 Å². The summed E-state index contributed by atoms with van der Waals surface area (Å²) in [5, 5.41) is 0.302. The Morgan fingerprint density at radius 1 is 1.05 bits per heavy atom. The molecule has 0 fully saturated rings. The summed E-state index contributed by atoms with van der Waals surface area (Å²) in [6, 6.07) is 0. The van der Waals surface area contributed by atoms with Gasteiger partial charge in [-0.15, -0.1) is 0 Å². The molecule has 0 aromatic rings.